The van der Waals surface area contributed by atoms with Crippen molar-refractivity contribution in [1.29, 1.82) is 0 Å². The summed E-state index contributed by atoms with van der Waals surface area (Å²) in [7, 11) is 0. The van der Waals surface area contributed by atoms with Gasteiger partial charge in [-0.1, -0.05) is 26.8 Å². The Hall–Kier alpha value is -1.98. The van der Waals surface area contributed by atoms with E-state index in [0.29, 0.717) is 12.8 Å². The third-order valence-corrected chi connectivity index (χ3v) is 7.74. The van der Waals surface area contributed by atoms with Gasteiger partial charge in [-0.3, -0.25) is 19.2 Å². The van der Waals surface area contributed by atoms with E-state index in [9.17, 15) is 24.3 Å². The first-order valence-corrected chi connectivity index (χ1v) is 9.27. The molecule has 0 radical (unpaired) electrons. The Kier molecular flexibility index (Phi) is 3.39. The monoisotopic (exact) mass is 360 g/mol. The zero-order valence-corrected chi connectivity index (χ0v) is 15.3. The van der Waals surface area contributed by atoms with Gasteiger partial charge in [0.15, 0.2) is 11.6 Å². The lowest BCUT2D eigenvalue weighted by atomic mass is 9.48. The van der Waals surface area contributed by atoms with Gasteiger partial charge in [-0.15, -0.1) is 0 Å². The van der Waals surface area contributed by atoms with Crippen LogP contribution in [0.3, 0.4) is 0 Å². The van der Waals surface area contributed by atoms with Crippen LogP contribution >= 0.6 is 0 Å². The highest BCUT2D eigenvalue weighted by atomic mass is 16.5. The molecule has 0 aromatic carbocycles. The molecule has 26 heavy (non-hydrogen) atoms. The number of carbonyl (C=O) groups is 4. The number of hydrogen-bond donors (Lipinski definition) is 1. The van der Waals surface area contributed by atoms with Crippen LogP contribution in [-0.2, 0) is 23.9 Å². The fourth-order valence-electron chi connectivity index (χ4n) is 6.37. The highest BCUT2D eigenvalue weighted by molar-refractivity contribution is 6.07. The van der Waals surface area contributed by atoms with Crippen LogP contribution in [0.25, 0.3) is 0 Å². The number of cyclic esters (lactones) is 1. The van der Waals surface area contributed by atoms with Crippen molar-refractivity contribution in [3.63, 3.8) is 0 Å². The number of carboxylic acids is 1. The first-order chi connectivity index (χ1) is 12.1. The van der Waals surface area contributed by atoms with Crippen LogP contribution < -0.4 is 0 Å². The topological polar surface area (TPSA) is 97.7 Å². The molecule has 6 heteroatoms. The number of ketones is 2. The van der Waals surface area contributed by atoms with Gasteiger partial charge < -0.3 is 9.84 Å². The number of Topliss-reactive ketones (excluding diaryl/α,β-unsaturated/α-hetero) is 1. The Morgan fingerprint density at radius 2 is 1.92 bits per heavy atom. The van der Waals surface area contributed by atoms with Gasteiger partial charge in [0, 0.05) is 16.7 Å². The van der Waals surface area contributed by atoms with Gasteiger partial charge in [0.1, 0.15) is 12.0 Å². The van der Waals surface area contributed by atoms with E-state index in [-0.39, 0.29) is 30.0 Å². The summed E-state index contributed by atoms with van der Waals surface area (Å²) in [6.07, 6.45) is 4.77. The molecule has 2 saturated carbocycles. The van der Waals surface area contributed by atoms with Gasteiger partial charge in [-0.05, 0) is 37.2 Å². The van der Waals surface area contributed by atoms with Crippen molar-refractivity contribution >= 4 is 23.5 Å². The fraction of sp³-hybridized carbons (Fsp3) is 0.700. The fourth-order valence-corrected chi connectivity index (χ4v) is 6.37. The smallest absolute Gasteiger partial charge is 0.317 e. The second kappa shape index (κ2) is 5.05. The summed E-state index contributed by atoms with van der Waals surface area (Å²) in [6, 6.07) is 0. The SMILES string of the molecule is CC1C(=O)C2(C(=O)O)CC1CCC2C12C=CC(=O)C(C)(C)C1C(=O)OC2. The number of fused-ring (bicyclic) bond motifs is 3. The normalized spacial score (nSPS) is 46.2. The van der Waals surface area contributed by atoms with Gasteiger partial charge in [-0.25, -0.2) is 0 Å². The highest BCUT2D eigenvalue weighted by Gasteiger charge is 2.72. The number of allylic oxidation sites excluding steroid dienone is 1. The minimum absolute atomic E-state index is 0.0374. The summed E-state index contributed by atoms with van der Waals surface area (Å²) in [4.78, 5) is 50.5. The van der Waals surface area contributed by atoms with Crippen molar-refractivity contribution in [2.24, 2.45) is 39.9 Å². The van der Waals surface area contributed by atoms with Crippen LogP contribution in [0.5, 0.6) is 0 Å². The van der Waals surface area contributed by atoms with E-state index in [0.717, 1.165) is 6.42 Å². The van der Waals surface area contributed by atoms with Crippen molar-refractivity contribution < 1.29 is 29.0 Å². The van der Waals surface area contributed by atoms with Crippen molar-refractivity contribution in [1.82, 2.24) is 0 Å². The summed E-state index contributed by atoms with van der Waals surface area (Å²) >= 11 is 0. The summed E-state index contributed by atoms with van der Waals surface area (Å²) in [5.74, 6) is -3.47. The van der Waals surface area contributed by atoms with E-state index in [4.69, 9.17) is 4.74 Å². The molecule has 6 atom stereocenters. The molecule has 6 nitrogen and oxygen atoms in total. The van der Waals surface area contributed by atoms with Crippen molar-refractivity contribution in [2.45, 2.75) is 40.0 Å². The van der Waals surface area contributed by atoms with Crippen LogP contribution in [0.1, 0.15) is 40.0 Å². The molecule has 4 rings (SSSR count). The van der Waals surface area contributed by atoms with Crippen LogP contribution in [0, 0.1) is 39.9 Å². The first-order valence-electron chi connectivity index (χ1n) is 9.27. The number of aliphatic carboxylic acids is 1. The maximum Gasteiger partial charge on any atom is 0.317 e. The van der Waals surface area contributed by atoms with E-state index in [1.165, 1.54) is 6.08 Å². The van der Waals surface area contributed by atoms with Gasteiger partial charge in [0.05, 0.1) is 5.92 Å². The third-order valence-electron chi connectivity index (χ3n) is 7.74. The second-order valence-electron chi connectivity index (χ2n) is 9.10. The van der Waals surface area contributed by atoms with Crippen molar-refractivity contribution in [3.05, 3.63) is 12.2 Å². The van der Waals surface area contributed by atoms with Crippen LogP contribution in [0.15, 0.2) is 12.2 Å². The average Bonchev–Trinajstić information content (AvgIpc) is 3.03. The van der Waals surface area contributed by atoms with E-state index in [2.05, 4.69) is 0 Å². The number of esters is 1. The van der Waals surface area contributed by atoms with Crippen molar-refractivity contribution in [2.75, 3.05) is 6.61 Å². The summed E-state index contributed by atoms with van der Waals surface area (Å²) < 4.78 is 5.39. The molecule has 1 heterocycles. The summed E-state index contributed by atoms with van der Waals surface area (Å²) in [6.45, 7) is 5.28. The zero-order chi connectivity index (χ0) is 19.1. The van der Waals surface area contributed by atoms with E-state index in [1.807, 2.05) is 6.92 Å². The number of ether oxygens (including phenoxy) is 1. The Morgan fingerprint density at radius 3 is 2.58 bits per heavy atom. The molecule has 6 unspecified atom stereocenters. The lowest BCUT2D eigenvalue weighted by molar-refractivity contribution is -0.166. The Morgan fingerprint density at radius 1 is 1.23 bits per heavy atom. The molecule has 0 aromatic rings. The Bertz CT molecular complexity index is 764. The largest absolute Gasteiger partial charge is 0.480 e. The maximum absolute atomic E-state index is 13.1. The van der Waals surface area contributed by atoms with Gasteiger partial charge >= 0.3 is 11.9 Å². The van der Waals surface area contributed by atoms with Gasteiger partial charge in [-0.2, -0.15) is 0 Å². The number of rotatable bonds is 2. The first kappa shape index (κ1) is 17.4. The molecule has 3 aliphatic carbocycles. The molecule has 1 aliphatic heterocycles. The summed E-state index contributed by atoms with van der Waals surface area (Å²) in [5, 5.41) is 10.1. The van der Waals surface area contributed by atoms with Crippen LogP contribution in [0.2, 0.25) is 0 Å². The van der Waals surface area contributed by atoms with Crippen LogP contribution in [-0.4, -0.2) is 35.2 Å². The minimum Gasteiger partial charge on any atom is -0.480 e. The van der Waals surface area contributed by atoms with Crippen LogP contribution in [0.4, 0.5) is 0 Å². The standard InChI is InChI=1S/C20H24O6/c1-10-11-4-5-12(20(8-11,15(10)22)17(24)25)19-7-6-13(21)18(2,3)14(19)16(23)26-9-19/h6-7,10-12,14H,4-5,8-9H2,1-3H3,(H,24,25). The predicted octanol–water partition coefficient (Wildman–Crippen LogP) is 2.02. The number of carbonyl (C=O) groups excluding carboxylic acids is 3. The molecule has 0 amide bonds. The van der Waals surface area contributed by atoms with E-state index in [1.54, 1.807) is 19.9 Å². The molecule has 3 fully saturated rings. The molecule has 0 aromatic heterocycles. The van der Waals surface area contributed by atoms with E-state index < -0.39 is 40.0 Å². The van der Waals surface area contributed by atoms with Gasteiger partial charge in [0.25, 0.3) is 0 Å². The molecule has 2 bridgehead atoms. The highest BCUT2D eigenvalue weighted by Crippen LogP contribution is 2.65. The average molecular weight is 360 g/mol. The quantitative estimate of drug-likeness (QED) is 0.598. The van der Waals surface area contributed by atoms with Gasteiger partial charge in [0.2, 0.25) is 0 Å². The molecule has 1 saturated heterocycles. The molecule has 0 spiro atoms. The Balaban J connectivity index is 1.92. The zero-order valence-electron chi connectivity index (χ0n) is 15.3. The second-order valence-corrected chi connectivity index (χ2v) is 9.10. The molecular weight excluding hydrogens is 336 g/mol. The predicted molar refractivity (Wildman–Crippen MR) is 89.9 cm³/mol. The minimum atomic E-state index is -1.49. The maximum atomic E-state index is 13.1. The van der Waals surface area contributed by atoms with Crippen molar-refractivity contribution in [3.8, 4) is 0 Å². The molecule has 1 N–H and O–H groups in total. The lowest BCUT2D eigenvalue weighted by Crippen LogP contribution is -2.58. The molecule has 140 valence electrons. The Labute approximate surface area is 152 Å². The number of carboxylic acid groups (broad SMARTS) is 1. The van der Waals surface area contributed by atoms with E-state index >= 15 is 0 Å². The summed E-state index contributed by atoms with van der Waals surface area (Å²) in [5.41, 5.74) is -3.39. The molecular formula is C20H24O6. The number of hydrogen-bond acceptors (Lipinski definition) is 5. The third kappa shape index (κ3) is 1.78. The molecule has 4 aliphatic rings. The lowest BCUT2D eigenvalue weighted by Gasteiger charge is -2.51.